The number of aromatic nitrogens is 1. The monoisotopic (exact) mass is 560 g/mol. The van der Waals surface area contributed by atoms with Gasteiger partial charge in [-0.05, 0) is 30.4 Å². The number of carbonyl (C=O) groups is 6. The zero-order valence-corrected chi connectivity index (χ0v) is 22.3. The summed E-state index contributed by atoms with van der Waals surface area (Å²) in [7, 11) is 0. The number of fused-ring (bicyclic) bond motifs is 1. The Morgan fingerprint density at radius 2 is 1.50 bits per heavy atom. The van der Waals surface area contributed by atoms with Crippen LogP contribution in [0.4, 0.5) is 0 Å². The highest BCUT2D eigenvalue weighted by Crippen LogP contribution is 2.19. The van der Waals surface area contributed by atoms with Gasteiger partial charge in [0.25, 0.3) is 0 Å². The molecule has 218 valence electrons. The molecule has 0 radical (unpaired) electrons. The van der Waals surface area contributed by atoms with E-state index in [9.17, 15) is 33.9 Å². The van der Waals surface area contributed by atoms with E-state index < -0.39 is 66.2 Å². The van der Waals surface area contributed by atoms with Crippen molar-refractivity contribution in [1.29, 1.82) is 0 Å². The number of amides is 4. The quantitative estimate of drug-likeness (QED) is 0.130. The van der Waals surface area contributed by atoms with Gasteiger partial charge in [-0.1, -0.05) is 32.0 Å². The second-order valence-corrected chi connectivity index (χ2v) is 9.92. The molecular weight excluding hydrogens is 524 g/mol. The van der Waals surface area contributed by atoms with Gasteiger partial charge in [-0.3, -0.25) is 24.0 Å². The number of carboxylic acid groups (broad SMARTS) is 2. The normalized spacial score (nSPS) is 14.1. The Bertz CT molecular complexity index is 1240. The van der Waals surface area contributed by atoms with Crippen molar-refractivity contribution in [2.45, 2.75) is 70.1 Å². The number of para-hydroxylation sites is 1. The average molecular weight is 561 g/mol. The average Bonchev–Trinajstić information content (AvgIpc) is 3.28. The molecule has 0 bridgehead atoms. The van der Waals surface area contributed by atoms with Gasteiger partial charge in [-0.25, -0.2) is 4.79 Å². The van der Waals surface area contributed by atoms with Crippen molar-refractivity contribution in [3.05, 3.63) is 36.0 Å². The van der Waals surface area contributed by atoms with E-state index in [1.165, 1.54) is 0 Å². The fourth-order valence-corrected chi connectivity index (χ4v) is 4.07. The second-order valence-electron chi connectivity index (χ2n) is 9.92. The van der Waals surface area contributed by atoms with Crippen molar-refractivity contribution in [1.82, 2.24) is 20.9 Å². The summed E-state index contributed by atoms with van der Waals surface area (Å²) in [6, 6.07) is 2.02. The molecule has 0 aliphatic carbocycles. The van der Waals surface area contributed by atoms with Crippen molar-refractivity contribution in [2.24, 2.45) is 17.4 Å². The molecule has 4 atom stereocenters. The summed E-state index contributed by atoms with van der Waals surface area (Å²) in [5, 5.41) is 26.6. The first-order valence-electron chi connectivity index (χ1n) is 12.7. The topological polar surface area (TPSA) is 247 Å². The van der Waals surface area contributed by atoms with E-state index in [1.807, 2.05) is 24.3 Å². The third kappa shape index (κ3) is 9.69. The number of nitrogens with one attached hydrogen (secondary N) is 4. The van der Waals surface area contributed by atoms with E-state index in [4.69, 9.17) is 16.6 Å². The molecule has 0 spiro atoms. The molecule has 4 unspecified atom stereocenters. The number of hydrogen-bond acceptors (Lipinski definition) is 7. The molecule has 4 amide bonds. The number of carboxylic acids is 2. The molecule has 2 aromatic rings. The van der Waals surface area contributed by atoms with E-state index in [-0.39, 0.29) is 31.6 Å². The van der Waals surface area contributed by atoms with Gasteiger partial charge in [0.05, 0.1) is 12.5 Å². The lowest BCUT2D eigenvalue weighted by molar-refractivity contribution is -0.142. The molecule has 1 aromatic carbocycles. The molecule has 0 fully saturated rings. The van der Waals surface area contributed by atoms with Crippen LogP contribution in [0.2, 0.25) is 0 Å². The van der Waals surface area contributed by atoms with Crippen LogP contribution in [0.1, 0.15) is 45.1 Å². The molecule has 0 saturated carbocycles. The first-order valence-corrected chi connectivity index (χ1v) is 12.7. The number of H-pyrrole nitrogens is 1. The molecule has 40 heavy (non-hydrogen) atoms. The number of aliphatic carboxylic acids is 2. The van der Waals surface area contributed by atoms with Gasteiger partial charge in [0.2, 0.25) is 23.6 Å². The van der Waals surface area contributed by atoms with Crippen LogP contribution in [0, 0.1) is 5.92 Å². The summed E-state index contributed by atoms with van der Waals surface area (Å²) < 4.78 is 0. The number of nitrogens with two attached hydrogens (primary N) is 2. The summed E-state index contributed by atoms with van der Waals surface area (Å²) >= 11 is 0. The summed E-state index contributed by atoms with van der Waals surface area (Å²) in [5.41, 5.74) is 12.4. The summed E-state index contributed by atoms with van der Waals surface area (Å²) in [6.45, 7) is 3.58. The van der Waals surface area contributed by atoms with E-state index in [1.54, 1.807) is 20.0 Å². The number of hydrogen-bond donors (Lipinski definition) is 8. The predicted molar refractivity (Wildman–Crippen MR) is 144 cm³/mol. The SMILES string of the molecule is CC(C)CC(NC(=O)C(CC(N)=O)NC(=O)C(N)CCC(=O)O)C(=O)NC(Cc1c[nH]c2ccccc12)C(=O)O. The standard InChI is InChI=1S/C26H36N6O8/c1-13(2)9-18(31-25(38)19(11-21(28)33)30-23(36)16(27)7-8-22(34)35)24(37)32-20(26(39)40)10-14-12-29-17-6-4-3-5-15(14)17/h3-6,12-13,16,18-20,29H,7-11,27H2,1-2H3,(H2,28,33)(H,30,36)(H,31,38)(H,32,37)(H,34,35)(H,39,40). The van der Waals surface area contributed by atoms with Crippen LogP contribution < -0.4 is 27.4 Å². The van der Waals surface area contributed by atoms with Crippen LogP contribution in [0.25, 0.3) is 10.9 Å². The maximum atomic E-state index is 13.2. The molecule has 14 heteroatoms. The summed E-state index contributed by atoms with van der Waals surface area (Å²) in [5.74, 6) is -6.03. The number of aromatic amines is 1. The molecule has 14 nitrogen and oxygen atoms in total. The largest absolute Gasteiger partial charge is 0.481 e. The first kappa shape index (κ1) is 31.8. The maximum Gasteiger partial charge on any atom is 0.326 e. The van der Waals surface area contributed by atoms with Crippen LogP contribution >= 0.6 is 0 Å². The number of rotatable bonds is 16. The number of benzene rings is 1. The highest BCUT2D eigenvalue weighted by atomic mass is 16.4. The van der Waals surface area contributed by atoms with Crippen LogP contribution in [0.5, 0.6) is 0 Å². The molecule has 1 aromatic heterocycles. The molecule has 2 rings (SSSR count). The van der Waals surface area contributed by atoms with E-state index in [0.717, 1.165) is 10.9 Å². The summed E-state index contributed by atoms with van der Waals surface area (Å²) in [4.78, 5) is 76.0. The van der Waals surface area contributed by atoms with Gasteiger partial charge in [-0.2, -0.15) is 0 Å². The molecular formula is C26H36N6O8. The van der Waals surface area contributed by atoms with Crippen molar-refractivity contribution >= 4 is 46.5 Å². The third-order valence-electron chi connectivity index (χ3n) is 6.10. The van der Waals surface area contributed by atoms with Crippen LogP contribution in [-0.4, -0.2) is 74.9 Å². The smallest absolute Gasteiger partial charge is 0.326 e. The van der Waals surface area contributed by atoms with Gasteiger partial charge in [0.15, 0.2) is 0 Å². The summed E-state index contributed by atoms with van der Waals surface area (Å²) in [6.07, 6.45) is 0.545. The molecule has 10 N–H and O–H groups in total. The predicted octanol–water partition coefficient (Wildman–Crippen LogP) is -0.637. The number of carbonyl (C=O) groups excluding carboxylic acids is 4. The molecule has 0 aliphatic heterocycles. The van der Waals surface area contributed by atoms with E-state index in [0.29, 0.717) is 5.56 Å². The van der Waals surface area contributed by atoms with Gasteiger partial charge in [0, 0.05) is 29.9 Å². The Morgan fingerprint density at radius 1 is 0.900 bits per heavy atom. The van der Waals surface area contributed by atoms with Gasteiger partial charge >= 0.3 is 11.9 Å². The fraction of sp³-hybridized carbons (Fsp3) is 0.462. The Kier molecular flexibility index (Phi) is 11.6. The minimum absolute atomic E-state index is 0.0258. The van der Waals surface area contributed by atoms with Gasteiger partial charge in [0.1, 0.15) is 18.1 Å². The van der Waals surface area contributed by atoms with E-state index in [2.05, 4.69) is 20.9 Å². The van der Waals surface area contributed by atoms with Crippen molar-refractivity contribution in [3.8, 4) is 0 Å². The zero-order valence-electron chi connectivity index (χ0n) is 22.3. The van der Waals surface area contributed by atoms with Crippen molar-refractivity contribution in [2.75, 3.05) is 0 Å². The lowest BCUT2D eigenvalue weighted by atomic mass is 10.0. The van der Waals surface area contributed by atoms with Crippen molar-refractivity contribution < 1.29 is 39.0 Å². The zero-order chi connectivity index (χ0) is 30.0. The Hall–Kier alpha value is -4.46. The second kappa shape index (κ2) is 14.6. The van der Waals surface area contributed by atoms with E-state index >= 15 is 0 Å². The Morgan fingerprint density at radius 3 is 2.10 bits per heavy atom. The lowest BCUT2D eigenvalue weighted by Crippen LogP contribution is -2.58. The highest BCUT2D eigenvalue weighted by molar-refractivity contribution is 5.96. The minimum Gasteiger partial charge on any atom is -0.481 e. The van der Waals surface area contributed by atoms with Gasteiger partial charge < -0.3 is 42.6 Å². The Balaban J connectivity index is 2.17. The van der Waals surface area contributed by atoms with Crippen LogP contribution in [-0.2, 0) is 35.2 Å². The molecule has 0 aliphatic rings. The maximum absolute atomic E-state index is 13.2. The minimum atomic E-state index is -1.50. The fourth-order valence-electron chi connectivity index (χ4n) is 4.07. The Labute approximate surface area is 230 Å². The van der Waals surface area contributed by atoms with Crippen LogP contribution in [0.15, 0.2) is 30.5 Å². The molecule has 0 saturated heterocycles. The van der Waals surface area contributed by atoms with Crippen molar-refractivity contribution in [3.63, 3.8) is 0 Å². The highest BCUT2D eigenvalue weighted by Gasteiger charge is 2.32. The number of primary amides is 1. The van der Waals surface area contributed by atoms with Gasteiger partial charge in [-0.15, -0.1) is 0 Å². The first-order chi connectivity index (χ1) is 18.8. The molecule has 1 heterocycles. The van der Waals surface area contributed by atoms with Crippen LogP contribution in [0.3, 0.4) is 0 Å². The lowest BCUT2D eigenvalue weighted by Gasteiger charge is -2.25. The third-order valence-corrected chi connectivity index (χ3v) is 6.10.